The second kappa shape index (κ2) is 2.01. The first-order chi connectivity index (χ1) is 4.20. The second-order valence-electron chi connectivity index (χ2n) is 2.00. The van der Waals surface area contributed by atoms with Gasteiger partial charge in [0, 0.05) is 13.2 Å². The summed E-state index contributed by atoms with van der Waals surface area (Å²) in [4.78, 5) is 1.84. The third-order valence-corrected chi connectivity index (χ3v) is 1.11. The molecule has 0 fully saturated rings. The van der Waals surface area contributed by atoms with Crippen molar-refractivity contribution in [2.24, 2.45) is 10.2 Å². The Morgan fingerprint density at radius 3 is 2.67 bits per heavy atom. The highest BCUT2D eigenvalue weighted by Gasteiger charge is 2.01. The molecule has 0 aromatic heterocycles. The lowest BCUT2D eigenvalue weighted by molar-refractivity contribution is 0.531. The Morgan fingerprint density at radius 2 is 2.22 bits per heavy atom. The number of nitrogens with zero attached hydrogens (tertiary/aromatic N) is 3. The molecule has 0 aliphatic carbocycles. The van der Waals surface area contributed by atoms with Crippen molar-refractivity contribution in [1.82, 2.24) is 4.90 Å². The lowest BCUT2D eigenvalue weighted by Crippen LogP contribution is -2.09. The first-order valence-electron chi connectivity index (χ1n) is 2.72. The van der Waals surface area contributed by atoms with Crippen LogP contribution in [0.3, 0.4) is 0 Å². The second-order valence-corrected chi connectivity index (χ2v) is 2.00. The van der Waals surface area contributed by atoms with Crippen LogP contribution in [-0.4, -0.2) is 11.9 Å². The van der Waals surface area contributed by atoms with Crippen LogP contribution in [0.25, 0.3) is 0 Å². The minimum Gasteiger partial charge on any atom is -0.333 e. The summed E-state index contributed by atoms with van der Waals surface area (Å²) in [5, 5.41) is 7.59. The molecule has 1 aliphatic heterocycles. The maximum Gasteiger partial charge on any atom is 0.147 e. The van der Waals surface area contributed by atoms with Crippen molar-refractivity contribution in [2.45, 2.75) is 6.92 Å². The van der Waals surface area contributed by atoms with Gasteiger partial charge in [-0.1, -0.05) is 6.58 Å². The number of azo groups is 1. The molecule has 0 saturated heterocycles. The Balaban J connectivity index is 2.82. The fourth-order valence-corrected chi connectivity index (χ4v) is 0.588. The van der Waals surface area contributed by atoms with E-state index in [1.165, 1.54) is 0 Å². The zero-order chi connectivity index (χ0) is 6.85. The van der Waals surface area contributed by atoms with Gasteiger partial charge < -0.3 is 4.90 Å². The highest BCUT2D eigenvalue weighted by molar-refractivity contribution is 5.06. The summed E-state index contributed by atoms with van der Waals surface area (Å²) in [5.41, 5.74) is 0.907. The summed E-state index contributed by atoms with van der Waals surface area (Å²) in [7, 11) is 1.89. The molecule has 0 N–H and O–H groups in total. The van der Waals surface area contributed by atoms with E-state index in [0.717, 1.165) is 5.70 Å². The van der Waals surface area contributed by atoms with Crippen LogP contribution < -0.4 is 0 Å². The molecule has 0 atom stereocenters. The Kier molecular flexibility index (Phi) is 1.34. The van der Waals surface area contributed by atoms with Gasteiger partial charge in [0.1, 0.15) is 5.82 Å². The highest BCUT2D eigenvalue weighted by atomic mass is 15.3. The zero-order valence-electron chi connectivity index (χ0n) is 5.63. The van der Waals surface area contributed by atoms with Crippen LogP contribution in [0.5, 0.6) is 0 Å². The maximum absolute atomic E-state index is 3.81. The van der Waals surface area contributed by atoms with Crippen LogP contribution >= 0.6 is 0 Å². The molecular formula is C6H9N3. The molecule has 0 saturated carbocycles. The van der Waals surface area contributed by atoms with E-state index in [1.807, 2.05) is 25.1 Å². The maximum atomic E-state index is 3.81. The van der Waals surface area contributed by atoms with Gasteiger partial charge in [-0.2, -0.15) is 5.11 Å². The zero-order valence-corrected chi connectivity index (χ0v) is 5.63. The van der Waals surface area contributed by atoms with E-state index in [4.69, 9.17) is 0 Å². The van der Waals surface area contributed by atoms with Crippen LogP contribution in [0.1, 0.15) is 6.92 Å². The lowest BCUT2D eigenvalue weighted by Gasteiger charge is -2.15. The van der Waals surface area contributed by atoms with Crippen molar-refractivity contribution in [3.05, 3.63) is 24.3 Å². The topological polar surface area (TPSA) is 28.0 Å². The molecule has 3 nitrogen and oxygen atoms in total. The third kappa shape index (κ3) is 1.16. The van der Waals surface area contributed by atoms with E-state index < -0.39 is 0 Å². The quantitative estimate of drug-likeness (QED) is 0.482. The molecule has 1 heterocycles. The van der Waals surface area contributed by atoms with Crippen LogP contribution in [-0.2, 0) is 0 Å². The van der Waals surface area contributed by atoms with Gasteiger partial charge >= 0.3 is 0 Å². The summed E-state index contributed by atoms with van der Waals surface area (Å²) >= 11 is 0. The van der Waals surface area contributed by atoms with Crippen molar-refractivity contribution in [3.8, 4) is 0 Å². The van der Waals surface area contributed by atoms with Gasteiger partial charge in [0.25, 0.3) is 0 Å². The van der Waals surface area contributed by atoms with E-state index in [1.54, 1.807) is 0 Å². The van der Waals surface area contributed by atoms with Crippen LogP contribution in [0.4, 0.5) is 0 Å². The van der Waals surface area contributed by atoms with E-state index in [2.05, 4.69) is 16.8 Å². The Morgan fingerprint density at radius 1 is 1.56 bits per heavy atom. The number of allylic oxidation sites excluding steroid dienone is 1. The molecule has 48 valence electrons. The minimum absolute atomic E-state index is 0.681. The largest absolute Gasteiger partial charge is 0.333 e. The number of hydrogen-bond donors (Lipinski definition) is 0. The molecule has 0 bridgehead atoms. The van der Waals surface area contributed by atoms with Gasteiger partial charge in [0.05, 0.1) is 5.70 Å². The van der Waals surface area contributed by atoms with Gasteiger partial charge in [-0.05, 0) is 6.92 Å². The molecule has 0 radical (unpaired) electrons. The fraction of sp³-hybridized carbons (Fsp3) is 0.333. The van der Waals surface area contributed by atoms with Crippen LogP contribution in [0.2, 0.25) is 0 Å². The van der Waals surface area contributed by atoms with Crippen molar-refractivity contribution in [2.75, 3.05) is 7.05 Å². The molecule has 3 heteroatoms. The smallest absolute Gasteiger partial charge is 0.147 e. The summed E-state index contributed by atoms with van der Waals surface area (Å²) in [5.74, 6) is 0.681. The molecular weight excluding hydrogens is 114 g/mol. The molecule has 0 aromatic carbocycles. The Labute approximate surface area is 54.4 Å². The predicted octanol–water partition coefficient (Wildman–Crippen LogP) is 1.72. The minimum atomic E-state index is 0.681. The molecule has 0 spiro atoms. The molecule has 1 rings (SSSR count). The van der Waals surface area contributed by atoms with E-state index in [0.29, 0.717) is 5.82 Å². The third-order valence-electron chi connectivity index (χ3n) is 1.11. The van der Waals surface area contributed by atoms with Gasteiger partial charge in [0.2, 0.25) is 0 Å². The van der Waals surface area contributed by atoms with Crippen molar-refractivity contribution in [3.63, 3.8) is 0 Å². The van der Waals surface area contributed by atoms with E-state index in [-0.39, 0.29) is 0 Å². The first kappa shape index (κ1) is 6.01. The normalized spacial score (nSPS) is 18.2. The summed E-state index contributed by atoms with van der Waals surface area (Å²) < 4.78 is 0. The monoisotopic (exact) mass is 123 g/mol. The molecule has 9 heavy (non-hydrogen) atoms. The van der Waals surface area contributed by atoms with Crippen LogP contribution in [0.15, 0.2) is 34.5 Å². The summed E-state index contributed by atoms with van der Waals surface area (Å²) in [6.07, 6.45) is 1.88. The highest BCUT2D eigenvalue weighted by Crippen LogP contribution is 2.12. The number of rotatable bonds is 0. The van der Waals surface area contributed by atoms with Crippen molar-refractivity contribution >= 4 is 0 Å². The van der Waals surface area contributed by atoms with Gasteiger partial charge in [0.15, 0.2) is 0 Å². The van der Waals surface area contributed by atoms with Gasteiger partial charge in [-0.25, -0.2) is 0 Å². The van der Waals surface area contributed by atoms with Crippen LogP contribution in [0, 0.1) is 0 Å². The van der Waals surface area contributed by atoms with E-state index in [9.17, 15) is 0 Å². The summed E-state index contributed by atoms with van der Waals surface area (Å²) in [6.45, 7) is 5.55. The lowest BCUT2D eigenvalue weighted by atomic mass is 10.5. The Hall–Kier alpha value is -1.12. The Bertz CT molecular complexity index is 190. The SMILES string of the molecule is C=C1N=NC(C)=CN1C. The molecule has 0 aromatic rings. The number of hydrogen-bond acceptors (Lipinski definition) is 3. The van der Waals surface area contributed by atoms with Gasteiger partial charge in [-0.15, -0.1) is 5.11 Å². The fourth-order valence-electron chi connectivity index (χ4n) is 0.588. The van der Waals surface area contributed by atoms with Gasteiger partial charge in [-0.3, -0.25) is 0 Å². The molecule has 0 unspecified atom stereocenters. The molecule has 0 amide bonds. The average molecular weight is 123 g/mol. The van der Waals surface area contributed by atoms with Crippen molar-refractivity contribution < 1.29 is 0 Å². The van der Waals surface area contributed by atoms with Crippen molar-refractivity contribution in [1.29, 1.82) is 0 Å². The average Bonchev–Trinajstić information content (AvgIpc) is 1.80. The predicted molar refractivity (Wildman–Crippen MR) is 35.5 cm³/mol. The standard InChI is InChI=1S/C6H9N3/c1-5-4-9(3)6(2)8-7-5/h4H,2H2,1,3H3. The van der Waals surface area contributed by atoms with E-state index >= 15 is 0 Å². The summed E-state index contributed by atoms with van der Waals surface area (Å²) in [6, 6.07) is 0. The molecule has 1 aliphatic rings. The first-order valence-corrected chi connectivity index (χ1v) is 2.72.